The molecule has 0 aliphatic carbocycles. The van der Waals surface area contributed by atoms with Crippen molar-refractivity contribution in [3.8, 4) is 5.75 Å². The number of hydrogen-bond donors (Lipinski definition) is 2. The highest BCUT2D eigenvalue weighted by molar-refractivity contribution is 5.95. The Hall–Kier alpha value is -2.76. The van der Waals surface area contributed by atoms with E-state index in [9.17, 15) is 14.7 Å². The molecular weight excluding hydrogens is 296 g/mol. The second-order valence-corrected chi connectivity index (χ2v) is 5.57. The van der Waals surface area contributed by atoms with E-state index in [1.54, 1.807) is 35.2 Å². The van der Waals surface area contributed by atoms with Gasteiger partial charge in [0, 0.05) is 13.1 Å². The van der Waals surface area contributed by atoms with Crippen LogP contribution in [-0.2, 0) is 4.79 Å². The number of benzene rings is 1. The van der Waals surface area contributed by atoms with Crippen LogP contribution >= 0.6 is 0 Å². The number of phenolic OH excluding ortho intramolecular Hbond substituents is 1. The highest BCUT2D eigenvalue weighted by Crippen LogP contribution is 2.25. The van der Waals surface area contributed by atoms with Crippen molar-refractivity contribution in [1.29, 1.82) is 0 Å². The average molecular weight is 314 g/mol. The Balaban J connectivity index is 1.65. The minimum atomic E-state index is -0.303. The first kappa shape index (κ1) is 15.1. The molecule has 0 saturated carbocycles. The molecule has 1 fully saturated rings. The minimum Gasteiger partial charge on any atom is -0.506 e. The van der Waals surface area contributed by atoms with Crippen molar-refractivity contribution in [1.82, 2.24) is 4.90 Å². The lowest BCUT2D eigenvalue weighted by atomic mass is 9.96. The van der Waals surface area contributed by atoms with E-state index >= 15 is 0 Å². The second kappa shape index (κ2) is 6.56. The van der Waals surface area contributed by atoms with Crippen LogP contribution in [-0.4, -0.2) is 34.9 Å². The van der Waals surface area contributed by atoms with Gasteiger partial charge in [0.1, 0.15) is 5.75 Å². The maximum Gasteiger partial charge on any atom is 0.289 e. The van der Waals surface area contributed by atoms with E-state index in [1.807, 2.05) is 0 Å². The van der Waals surface area contributed by atoms with Crippen LogP contribution in [0.1, 0.15) is 23.4 Å². The molecule has 3 rings (SSSR count). The SMILES string of the molecule is O=C(Nc1ccccc1O)C1CCCN(C(=O)c2ccco2)C1. The Labute approximate surface area is 133 Å². The molecule has 1 saturated heterocycles. The van der Waals surface area contributed by atoms with Crippen LogP contribution in [0.3, 0.4) is 0 Å². The summed E-state index contributed by atoms with van der Waals surface area (Å²) in [6, 6.07) is 9.87. The molecule has 0 radical (unpaired) electrons. The molecule has 2 N–H and O–H groups in total. The second-order valence-electron chi connectivity index (χ2n) is 5.57. The molecule has 1 unspecified atom stereocenters. The summed E-state index contributed by atoms with van der Waals surface area (Å²) in [6.45, 7) is 0.957. The van der Waals surface area contributed by atoms with Crippen LogP contribution in [0.25, 0.3) is 0 Å². The van der Waals surface area contributed by atoms with Gasteiger partial charge in [0.15, 0.2) is 5.76 Å². The molecule has 2 heterocycles. The summed E-state index contributed by atoms with van der Waals surface area (Å²) in [5.41, 5.74) is 0.381. The summed E-state index contributed by atoms with van der Waals surface area (Å²) >= 11 is 0. The molecule has 23 heavy (non-hydrogen) atoms. The average Bonchev–Trinajstić information content (AvgIpc) is 3.11. The number of para-hydroxylation sites is 2. The van der Waals surface area contributed by atoms with Gasteiger partial charge in [-0.1, -0.05) is 12.1 Å². The number of furan rings is 1. The summed E-state index contributed by atoms with van der Waals surface area (Å²) in [6.07, 6.45) is 2.92. The van der Waals surface area contributed by atoms with Gasteiger partial charge in [0.2, 0.25) is 5.91 Å². The third-order valence-corrected chi connectivity index (χ3v) is 3.97. The summed E-state index contributed by atoms with van der Waals surface area (Å²) in [5, 5.41) is 12.5. The largest absolute Gasteiger partial charge is 0.506 e. The number of piperidine rings is 1. The topological polar surface area (TPSA) is 82.8 Å². The Morgan fingerprint density at radius 1 is 1.22 bits per heavy atom. The number of amides is 2. The predicted molar refractivity (Wildman–Crippen MR) is 84.1 cm³/mol. The third-order valence-electron chi connectivity index (χ3n) is 3.97. The van der Waals surface area contributed by atoms with E-state index in [2.05, 4.69) is 5.32 Å². The first-order valence-electron chi connectivity index (χ1n) is 7.57. The molecule has 1 aliphatic heterocycles. The van der Waals surface area contributed by atoms with Crippen molar-refractivity contribution >= 4 is 17.5 Å². The number of nitrogens with one attached hydrogen (secondary N) is 1. The summed E-state index contributed by atoms with van der Waals surface area (Å²) in [7, 11) is 0. The lowest BCUT2D eigenvalue weighted by molar-refractivity contribution is -0.121. The van der Waals surface area contributed by atoms with Crippen LogP contribution < -0.4 is 5.32 Å². The van der Waals surface area contributed by atoms with E-state index in [0.717, 1.165) is 6.42 Å². The Bertz CT molecular complexity index is 696. The fourth-order valence-corrected chi connectivity index (χ4v) is 2.75. The summed E-state index contributed by atoms with van der Waals surface area (Å²) < 4.78 is 5.13. The lowest BCUT2D eigenvalue weighted by Crippen LogP contribution is -2.43. The van der Waals surface area contributed by atoms with Gasteiger partial charge in [-0.3, -0.25) is 9.59 Å². The van der Waals surface area contributed by atoms with Crippen molar-refractivity contribution in [2.75, 3.05) is 18.4 Å². The Morgan fingerprint density at radius 2 is 2.04 bits per heavy atom. The van der Waals surface area contributed by atoms with Crippen molar-refractivity contribution in [3.05, 3.63) is 48.4 Å². The molecule has 6 heteroatoms. The van der Waals surface area contributed by atoms with Gasteiger partial charge in [-0.05, 0) is 37.1 Å². The van der Waals surface area contributed by atoms with Crippen LogP contribution in [0.15, 0.2) is 47.1 Å². The van der Waals surface area contributed by atoms with Crippen molar-refractivity contribution in [3.63, 3.8) is 0 Å². The summed E-state index contributed by atoms with van der Waals surface area (Å²) in [5.74, 6) is -0.382. The predicted octanol–water partition coefficient (Wildman–Crippen LogP) is 2.48. The van der Waals surface area contributed by atoms with E-state index in [-0.39, 0.29) is 29.2 Å². The van der Waals surface area contributed by atoms with Gasteiger partial charge < -0.3 is 19.7 Å². The zero-order chi connectivity index (χ0) is 16.2. The van der Waals surface area contributed by atoms with E-state index in [4.69, 9.17) is 4.42 Å². The zero-order valence-electron chi connectivity index (χ0n) is 12.6. The van der Waals surface area contributed by atoms with Gasteiger partial charge in [-0.25, -0.2) is 0 Å². The highest BCUT2D eigenvalue weighted by atomic mass is 16.3. The van der Waals surface area contributed by atoms with Gasteiger partial charge >= 0.3 is 0 Å². The third kappa shape index (κ3) is 3.36. The van der Waals surface area contributed by atoms with E-state index < -0.39 is 0 Å². The first-order chi connectivity index (χ1) is 11.1. The molecular formula is C17H18N2O4. The summed E-state index contributed by atoms with van der Waals surface area (Å²) in [4.78, 5) is 26.3. The number of nitrogens with zero attached hydrogens (tertiary/aromatic N) is 1. The molecule has 0 spiro atoms. The number of aromatic hydroxyl groups is 1. The standard InChI is InChI=1S/C17H18N2O4/c20-14-7-2-1-6-13(14)18-16(21)12-5-3-9-19(11-12)17(22)15-8-4-10-23-15/h1-2,4,6-8,10,12,20H,3,5,9,11H2,(H,18,21). The van der Waals surface area contributed by atoms with Gasteiger partial charge in [0.25, 0.3) is 5.91 Å². The first-order valence-corrected chi connectivity index (χ1v) is 7.57. The normalized spacial score (nSPS) is 17.7. The van der Waals surface area contributed by atoms with Crippen molar-refractivity contribution in [2.24, 2.45) is 5.92 Å². The van der Waals surface area contributed by atoms with E-state index in [1.165, 1.54) is 12.3 Å². The van der Waals surface area contributed by atoms with Gasteiger partial charge in [0.05, 0.1) is 17.9 Å². The number of phenols is 1. The quantitative estimate of drug-likeness (QED) is 0.853. The molecule has 1 aromatic carbocycles. The monoisotopic (exact) mass is 314 g/mol. The number of carbonyl (C=O) groups excluding carboxylic acids is 2. The lowest BCUT2D eigenvalue weighted by Gasteiger charge is -2.31. The van der Waals surface area contributed by atoms with E-state index in [0.29, 0.717) is 25.2 Å². The number of likely N-dealkylation sites (tertiary alicyclic amines) is 1. The Morgan fingerprint density at radius 3 is 2.78 bits per heavy atom. The molecule has 1 aromatic heterocycles. The van der Waals surface area contributed by atoms with Crippen LogP contribution in [0.4, 0.5) is 5.69 Å². The maximum atomic E-state index is 12.4. The number of carbonyl (C=O) groups is 2. The molecule has 120 valence electrons. The smallest absolute Gasteiger partial charge is 0.289 e. The minimum absolute atomic E-state index is 0.0279. The Kier molecular flexibility index (Phi) is 4.32. The zero-order valence-corrected chi connectivity index (χ0v) is 12.6. The van der Waals surface area contributed by atoms with Gasteiger partial charge in [-0.15, -0.1) is 0 Å². The fraction of sp³-hybridized carbons (Fsp3) is 0.294. The fourth-order valence-electron chi connectivity index (χ4n) is 2.75. The van der Waals surface area contributed by atoms with Crippen molar-refractivity contribution in [2.45, 2.75) is 12.8 Å². The number of rotatable bonds is 3. The molecule has 1 aliphatic rings. The van der Waals surface area contributed by atoms with Crippen molar-refractivity contribution < 1.29 is 19.1 Å². The number of hydrogen-bond acceptors (Lipinski definition) is 4. The molecule has 6 nitrogen and oxygen atoms in total. The molecule has 1 atom stereocenters. The number of anilines is 1. The van der Waals surface area contributed by atoms with Gasteiger partial charge in [-0.2, -0.15) is 0 Å². The highest BCUT2D eigenvalue weighted by Gasteiger charge is 2.30. The van der Waals surface area contributed by atoms with Crippen LogP contribution in [0.5, 0.6) is 5.75 Å². The molecule has 2 aromatic rings. The van der Waals surface area contributed by atoms with Crippen LogP contribution in [0, 0.1) is 5.92 Å². The molecule has 0 bridgehead atoms. The van der Waals surface area contributed by atoms with Crippen LogP contribution in [0.2, 0.25) is 0 Å². The molecule has 2 amide bonds. The maximum absolute atomic E-state index is 12.4.